The molecule has 2 N–H and O–H groups in total. The fourth-order valence-electron chi connectivity index (χ4n) is 6.56. The molecular formula is C31H34N4O7. The molecule has 2 atom stereocenters. The fraction of sp³-hybridized carbons (Fsp3) is 0.452. The van der Waals surface area contributed by atoms with Crippen molar-refractivity contribution in [3.63, 3.8) is 0 Å². The van der Waals surface area contributed by atoms with Crippen LogP contribution in [-0.2, 0) is 19.1 Å². The van der Waals surface area contributed by atoms with Crippen LogP contribution in [0.1, 0.15) is 84.6 Å². The third-order valence-corrected chi connectivity index (χ3v) is 8.73. The van der Waals surface area contributed by atoms with Crippen LogP contribution in [0, 0.1) is 0 Å². The molecule has 0 unspecified atom stereocenters. The Bertz CT molecular complexity index is 1500. The smallest absolute Gasteiger partial charge is 0.267 e. The molecule has 1 saturated heterocycles. The molecular weight excluding hydrogens is 540 g/mol. The van der Waals surface area contributed by atoms with Crippen molar-refractivity contribution in [3.8, 4) is 5.75 Å². The van der Waals surface area contributed by atoms with Gasteiger partial charge in [0, 0.05) is 25.8 Å². The topological polar surface area (TPSA) is 134 Å². The number of nitrogens with one attached hydrogen (secondary N) is 2. The lowest BCUT2D eigenvalue weighted by Crippen LogP contribution is -2.54. The minimum atomic E-state index is -1.05. The molecule has 2 aromatic carbocycles. The first kappa shape index (κ1) is 27.9. The van der Waals surface area contributed by atoms with Crippen molar-refractivity contribution in [3.05, 3.63) is 47.0 Å². The van der Waals surface area contributed by atoms with Gasteiger partial charge in [0.2, 0.25) is 11.8 Å². The molecule has 42 heavy (non-hydrogen) atoms. The van der Waals surface area contributed by atoms with Crippen LogP contribution in [0.3, 0.4) is 0 Å². The Kier molecular flexibility index (Phi) is 7.22. The van der Waals surface area contributed by atoms with Crippen molar-refractivity contribution < 1.29 is 33.4 Å². The van der Waals surface area contributed by atoms with Crippen molar-refractivity contribution in [2.75, 3.05) is 23.9 Å². The summed E-state index contributed by atoms with van der Waals surface area (Å²) in [6.07, 6.45) is 3.37. The zero-order valence-corrected chi connectivity index (χ0v) is 23.9. The average Bonchev–Trinajstić information content (AvgIpc) is 3.23. The maximum atomic E-state index is 13.7. The second kappa shape index (κ2) is 10.9. The maximum Gasteiger partial charge on any atom is 0.267 e. The summed E-state index contributed by atoms with van der Waals surface area (Å²) in [5, 5.41) is 5.65. The summed E-state index contributed by atoms with van der Waals surface area (Å²) < 4.78 is 11.9. The van der Waals surface area contributed by atoms with Crippen LogP contribution >= 0.6 is 0 Å². The van der Waals surface area contributed by atoms with E-state index >= 15 is 0 Å². The minimum Gasteiger partial charge on any atom is -0.479 e. The molecule has 3 heterocycles. The van der Waals surface area contributed by atoms with Crippen molar-refractivity contribution >= 4 is 46.6 Å². The second-order valence-corrected chi connectivity index (χ2v) is 11.3. The lowest BCUT2D eigenvalue weighted by Gasteiger charge is -2.34. The molecule has 1 aliphatic carbocycles. The molecule has 220 valence electrons. The number of carbonyl (C=O) groups is 5. The molecule has 0 radical (unpaired) electrons. The molecule has 0 bridgehead atoms. The Morgan fingerprint density at radius 2 is 1.76 bits per heavy atom. The fourth-order valence-corrected chi connectivity index (χ4v) is 6.56. The van der Waals surface area contributed by atoms with E-state index in [2.05, 4.69) is 10.6 Å². The molecule has 2 fully saturated rings. The average molecular weight is 575 g/mol. The third kappa shape index (κ3) is 4.71. The van der Waals surface area contributed by atoms with Crippen molar-refractivity contribution in [2.24, 2.45) is 0 Å². The van der Waals surface area contributed by atoms with Gasteiger partial charge in [0.25, 0.3) is 17.7 Å². The predicted octanol–water partition coefficient (Wildman–Crippen LogP) is 3.64. The van der Waals surface area contributed by atoms with E-state index in [4.69, 9.17) is 9.47 Å². The van der Waals surface area contributed by atoms with Gasteiger partial charge >= 0.3 is 0 Å². The van der Waals surface area contributed by atoms with Gasteiger partial charge in [-0.3, -0.25) is 34.2 Å². The van der Waals surface area contributed by atoms with E-state index in [-0.39, 0.29) is 41.9 Å². The van der Waals surface area contributed by atoms with Crippen LogP contribution in [0.25, 0.3) is 0 Å². The summed E-state index contributed by atoms with van der Waals surface area (Å²) in [4.78, 5) is 66.6. The van der Waals surface area contributed by atoms with E-state index in [0.29, 0.717) is 29.4 Å². The Balaban J connectivity index is 1.37. The first-order chi connectivity index (χ1) is 20.2. The Hall–Kier alpha value is -4.25. The summed E-state index contributed by atoms with van der Waals surface area (Å²) in [5.41, 5.74) is 3.09. The van der Waals surface area contributed by atoms with E-state index in [1.807, 2.05) is 19.1 Å². The number of carbonyl (C=O) groups excluding carboxylic acids is 5. The van der Waals surface area contributed by atoms with Crippen LogP contribution in [0.15, 0.2) is 30.3 Å². The number of piperidine rings is 1. The maximum absolute atomic E-state index is 13.7. The molecule has 1 saturated carbocycles. The number of imide groups is 2. The van der Waals surface area contributed by atoms with Crippen LogP contribution in [-0.4, -0.2) is 66.3 Å². The summed E-state index contributed by atoms with van der Waals surface area (Å²) >= 11 is 0. The number of rotatable bonds is 6. The van der Waals surface area contributed by atoms with Crippen LogP contribution in [0.4, 0.5) is 17.1 Å². The molecule has 4 aliphatic rings. The molecule has 2 aromatic rings. The number of anilines is 3. The van der Waals surface area contributed by atoms with E-state index in [1.54, 1.807) is 37.1 Å². The first-order valence-corrected chi connectivity index (χ1v) is 14.5. The third-order valence-electron chi connectivity index (χ3n) is 8.73. The molecule has 0 spiro atoms. The van der Waals surface area contributed by atoms with Gasteiger partial charge in [-0.05, 0) is 81.7 Å². The van der Waals surface area contributed by atoms with Crippen molar-refractivity contribution in [1.82, 2.24) is 10.2 Å². The number of fused-ring (bicyclic) bond motifs is 2. The lowest BCUT2D eigenvalue weighted by atomic mass is 9.81. The molecule has 3 aliphatic heterocycles. The van der Waals surface area contributed by atoms with Gasteiger partial charge in [0.1, 0.15) is 11.8 Å². The molecule has 11 nitrogen and oxygen atoms in total. The number of amides is 5. The number of nitrogens with zero attached hydrogens (tertiary/aromatic N) is 2. The highest BCUT2D eigenvalue weighted by Gasteiger charge is 2.46. The number of hydrogen-bond acceptors (Lipinski definition) is 8. The van der Waals surface area contributed by atoms with Crippen LogP contribution in [0.2, 0.25) is 0 Å². The van der Waals surface area contributed by atoms with Crippen molar-refractivity contribution in [2.45, 2.75) is 76.5 Å². The van der Waals surface area contributed by atoms with Gasteiger partial charge in [-0.25, -0.2) is 0 Å². The monoisotopic (exact) mass is 574 g/mol. The number of hydrogen-bond donors (Lipinski definition) is 2. The normalized spacial score (nSPS) is 25.6. The summed E-state index contributed by atoms with van der Waals surface area (Å²) in [6.45, 7) is 4.40. The first-order valence-electron chi connectivity index (χ1n) is 14.5. The summed E-state index contributed by atoms with van der Waals surface area (Å²) in [7, 11) is 1.71. The summed E-state index contributed by atoms with van der Waals surface area (Å²) in [6, 6.07) is 7.77. The number of ether oxygens (including phenoxy) is 2. The van der Waals surface area contributed by atoms with Gasteiger partial charge in [0.05, 0.1) is 28.6 Å². The highest BCUT2D eigenvalue weighted by Crippen LogP contribution is 2.46. The Morgan fingerprint density at radius 1 is 1.00 bits per heavy atom. The molecule has 6 rings (SSSR count). The number of likely N-dealkylation sites (N-methyl/N-ethyl adjacent to an activating group) is 1. The minimum absolute atomic E-state index is 0.0475. The molecule has 0 aromatic heterocycles. The number of benzene rings is 2. The largest absolute Gasteiger partial charge is 0.479 e. The molecule has 5 amide bonds. The highest BCUT2D eigenvalue weighted by molar-refractivity contribution is 6.25. The van der Waals surface area contributed by atoms with Gasteiger partial charge in [0.15, 0.2) is 6.10 Å². The standard InChI is InChI=1S/C31H34N4O7/c1-4-41-18-10-8-17(9-11-18)20-14-25-24(34(3)29(38)16(2)42-25)15-22(20)32-21-7-5-6-19-27(21)31(40)35(30(19)39)23-12-13-26(36)33-28(23)37/h5-7,14-18,23,32H,4,8-13H2,1-3H3,(H,33,36,37)/t16-,17?,18?,23+/m0/s1. The van der Waals surface area contributed by atoms with Gasteiger partial charge < -0.3 is 19.7 Å². The SMILES string of the molecule is CCOC1CCC(c2cc3c(cc2Nc2cccc4c2C(=O)N([C@@H]2CCC(=O)NC2=O)C4=O)N(C)C(=O)[C@H](C)O3)CC1. The Morgan fingerprint density at radius 3 is 2.48 bits per heavy atom. The van der Waals surface area contributed by atoms with Gasteiger partial charge in [-0.15, -0.1) is 0 Å². The Labute approximate surface area is 243 Å². The van der Waals surface area contributed by atoms with Crippen LogP contribution < -0.4 is 20.3 Å². The quantitative estimate of drug-likeness (QED) is 0.500. The van der Waals surface area contributed by atoms with Crippen molar-refractivity contribution in [1.29, 1.82) is 0 Å². The predicted molar refractivity (Wildman–Crippen MR) is 153 cm³/mol. The zero-order chi connectivity index (χ0) is 29.7. The van der Waals surface area contributed by atoms with E-state index in [0.717, 1.165) is 36.1 Å². The van der Waals surface area contributed by atoms with E-state index in [1.165, 1.54) is 0 Å². The van der Waals surface area contributed by atoms with Gasteiger partial charge in [-0.2, -0.15) is 0 Å². The second-order valence-electron chi connectivity index (χ2n) is 11.3. The van der Waals surface area contributed by atoms with E-state index in [9.17, 15) is 24.0 Å². The highest BCUT2D eigenvalue weighted by atomic mass is 16.5. The zero-order valence-electron chi connectivity index (χ0n) is 23.9. The van der Waals surface area contributed by atoms with Gasteiger partial charge in [-0.1, -0.05) is 6.07 Å². The molecule has 11 heteroatoms. The van der Waals surface area contributed by atoms with Crippen LogP contribution in [0.5, 0.6) is 5.75 Å². The lowest BCUT2D eigenvalue weighted by molar-refractivity contribution is -0.136. The van der Waals surface area contributed by atoms with E-state index < -0.39 is 35.8 Å². The summed E-state index contributed by atoms with van der Waals surface area (Å²) in [5.74, 6) is -1.60.